The normalized spacial score (nSPS) is 13.3. The van der Waals surface area contributed by atoms with Gasteiger partial charge in [-0.15, -0.1) is 0 Å². The van der Waals surface area contributed by atoms with E-state index >= 15 is 0 Å². The molecule has 0 fully saturated rings. The highest BCUT2D eigenvalue weighted by atomic mass is 15.2. The van der Waals surface area contributed by atoms with Crippen LogP contribution in [0.2, 0.25) is 0 Å². The maximum atomic E-state index is 2.47. The van der Waals surface area contributed by atoms with Gasteiger partial charge in [0.15, 0.2) is 0 Å². The number of aromatic nitrogens is 1. The summed E-state index contributed by atoms with van der Waals surface area (Å²) < 4.78 is 2.39. The molecule has 60 heavy (non-hydrogen) atoms. The maximum Gasteiger partial charge on any atom is 0.0542 e. The van der Waals surface area contributed by atoms with Crippen molar-refractivity contribution in [1.82, 2.24) is 4.57 Å². The molecule has 0 saturated carbocycles. The number of nitrogens with zero attached hydrogens (tertiary/aromatic N) is 3. The Balaban J connectivity index is 1.12. The van der Waals surface area contributed by atoms with Crippen molar-refractivity contribution < 1.29 is 0 Å². The Morgan fingerprint density at radius 1 is 0.350 bits per heavy atom. The Hall–Kier alpha value is -7.62. The Morgan fingerprint density at radius 2 is 0.883 bits per heavy atom. The van der Waals surface area contributed by atoms with E-state index in [2.05, 4.69) is 241 Å². The van der Waals surface area contributed by atoms with E-state index in [1.807, 2.05) is 0 Å². The monoisotopic (exact) mass is 767 g/mol. The fourth-order valence-corrected chi connectivity index (χ4v) is 10.1. The van der Waals surface area contributed by atoms with Crippen LogP contribution in [0, 0.1) is 0 Å². The second-order valence-electron chi connectivity index (χ2n) is 16.6. The third kappa shape index (κ3) is 5.09. The molecule has 1 aliphatic heterocycles. The molecule has 0 spiro atoms. The summed E-state index contributed by atoms with van der Waals surface area (Å²) in [6, 6.07) is 78.1. The van der Waals surface area contributed by atoms with E-state index in [4.69, 9.17) is 0 Å². The highest BCUT2D eigenvalue weighted by molar-refractivity contribution is 6.11. The molecule has 0 bridgehead atoms. The van der Waals surface area contributed by atoms with Crippen molar-refractivity contribution in [2.24, 2.45) is 0 Å². The van der Waals surface area contributed by atoms with Crippen molar-refractivity contribution in [2.75, 3.05) is 9.80 Å². The molecule has 12 rings (SSSR count). The molecular formula is C57H41N3. The standard InChI is InChI=1S/C57H41N3/c1-57(2)51-26-14-11-23-45(51)46-32-29-42(37-52(46)57)58(41-31-34-56-50(36-41)48-25-13-16-28-54(48)60(56)39-19-7-4-8-20-39)40-30-33-55-49(35-40)44-22-10-9-21-43(44)47-24-12-15-27-53(47)59(55)38-17-5-3-6-18-38/h3-37H,1-2H3. The molecule has 9 aromatic carbocycles. The van der Waals surface area contributed by atoms with E-state index in [0.29, 0.717) is 0 Å². The molecule has 1 aliphatic carbocycles. The van der Waals surface area contributed by atoms with Crippen LogP contribution >= 0.6 is 0 Å². The minimum Gasteiger partial charge on any atom is -0.310 e. The molecular weight excluding hydrogens is 727 g/mol. The lowest BCUT2D eigenvalue weighted by Gasteiger charge is -2.31. The SMILES string of the molecule is CC1(C)c2ccccc2-c2ccc(N(c3ccc4c(c3)-c3ccccc3-c3ccccc3N4c3ccccc3)c3ccc4c(c3)c3ccccc3n4-c3ccccc3)cc21. The summed E-state index contributed by atoms with van der Waals surface area (Å²) in [6.45, 7) is 4.73. The zero-order valence-electron chi connectivity index (χ0n) is 33.5. The van der Waals surface area contributed by atoms with Gasteiger partial charge in [-0.2, -0.15) is 0 Å². The van der Waals surface area contributed by atoms with Gasteiger partial charge in [-0.1, -0.05) is 141 Å². The average molecular weight is 768 g/mol. The van der Waals surface area contributed by atoms with Crippen LogP contribution in [0.15, 0.2) is 212 Å². The molecule has 0 atom stereocenters. The van der Waals surface area contributed by atoms with Crippen molar-refractivity contribution in [2.45, 2.75) is 19.3 Å². The van der Waals surface area contributed by atoms with Gasteiger partial charge in [0, 0.05) is 55.8 Å². The lowest BCUT2D eigenvalue weighted by Crippen LogP contribution is -2.17. The molecule has 2 aliphatic rings. The molecule has 0 radical (unpaired) electrons. The maximum absolute atomic E-state index is 2.47. The third-order valence-electron chi connectivity index (χ3n) is 12.9. The first-order valence-corrected chi connectivity index (χ1v) is 20.9. The van der Waals surface area contributed by atoms with Gasteiger partial charge in [-0.3, -0.25) is 0 Å². The molecule has 0 N–H and O–H groups in total. The van der Waals surface area contributed by atoms with Crippen molar-refractivity contribution in [1.29, 1.82) is 0 Å². The van der Waals surface area contributed by atoms with E-state index < -0.39 is 0 Å². The van der Waals surface area contributed by atoms with Gasteiger partial charge in [-0.25, -0.2) is 0 Å². The smallest absolute Gasteiger partial charge is 0.0542 e. The van der Waals surface area contributed by atoms with Crippen LogP contribution in [0.3, 0.4) is 0 Å². The summed E-state index contributed by atoms with van der Waals surface area (Å²) in [4.78, 5) is 4.90. The Labute approximate surface area is 350 Å². The van der Waals surface area contributed by atoms with E-state index in [1.165, 1.54) is 72.0 Å². The van der Waals surface area contributed by atoms with Crippen LogP contribution in [-0.2, 0) is 5.41 Å². The molecule has 284 valence electrons. The first kappa shape index (κ1) is 34.4. The lowest BCUT2D eigenvalue weighted by atomic mass is 9.82. The van der Waals surface area contributed by atoms with Gasteiger partial charge >= 0.3 is 0 Å². The van der Waals surface area contributed by atoms with Gasteiger partial charge < -0.3 is 14.4 Å². The quantitative estimate of drug-likeness (QED) is 0.173. The van der Waals surface area contributed by atoms with Gasteiger partial charge in [-0.05, 0) is 118 Å². The van der Waals surface area contributed by atoms with Crippen molar-refractivity contribution in [3.8, 4) is 39.1 Å². The van der Waals surface area contributed by atoms with E-state index in [9.17, 15) is 0 Å². The zero-order chi connectivity index (χ0) is 40.0. The van der Waals surface area contributed by atoms with Gasteiger partial charge in [0.2, 0.25) is 0 Å². The number of hydrogen-bond acceptors (Lipinski definition) is 2. The predicted octanol–water partition coefficient (Wildman–Crippen LogP) is 15.7. The first-order valence-electron chi connectivity index (χ1n) is 20.9. The summed E-state index contributed by atoms with van der Waals surface area (Å²) in [7, 11) is 0. The summed E-state index contributed by atoms with van der Waals surface area (Å²) in [6.07, 6.45) is 0. The van der Waals surface area contributed by atoms with E-state index in [1.54, 1.807) is 0 Å². The van der Waals surface area contributed by atoms with Crippen LogP contribution in [0.4, 0.5) is 34.1 Å². The molecule has 0 amide bonds. The summed E-state index contributed by atoms with van der Waals surface area (Å²) in [5.74, 6) is 0. The molecule has 3 nitrogen and oxygen atoms in total. The summed E-state index contributed by atoms with van der Waals surface area (Å²) >= 11 is 0. The number of rotatable bonds is 5. The largest absolute Gasteiger partial charge is 0.310 e. The number of fused-ring (bicyclic) bond motifs is 11. The lowest BCUT2D eigenvalue weighted by molar-refractivity contribution is 0.660. The van der Waals surface area contributed by atoms with Gasteiger partial charge in [0.1, 0.15) is 0 Å². The number of hydrogen-bond donors (Lipinski definition) is 0. The molecule has 3 heteroatoms. The minimum atomic E-state index is -0.144. The van der Waals surface area contributed by atoms with Crippen LogP contribution in [0.1, 0.15) is 25.0 Å². The topological polar surface area (TPSA) is 11.4 Å². The number of anilines is 6. The van der Waals surface area contributed by atoms with Crippen LogP contribution in [0.5, 0.6) is 0 Å². The molecule has 1 aromatic heterocycles. The zero-order valence-corrected chi connectivity index (χ0v) is 33.5. The van der Waals surface area contributed by atoms with Crippen LogP contribution in [-0.4, -0.2) is 4.57 Å². The Kier molecular flexibility index (Phi) is 7.58. The van der Waals surface area contributed by atoms with Crippen molar-refractivity contribution >= 4 is 55.9 Å². The Morgan fingerprint density at radius 3 is 1.68 bits per heavy atom. The number of benzene rings is 9. The summed E-state index contributed by atoms with van der Waals surface area (Å²) in [5.41, 5.74) is 20.4. The average Bonchev–Trinajstić information content (AvgIpc) is 3.70. The van der Waals surface area contributed by atoms with Crippen molar-refractivity contribution in [3.05, 3.63) is 223 Å². The van der Waals surface area contributed by atoms with Gasteiger partial charge in [0.25, 0.3) is 0 Å². The third-order valence-corrected chi connectivity index (χ3v) is 12.9. The molecule has 0 unspecified atom stereocenters. The highest BCUT2D eigenvalue weighted by Gasteiger charge is 2.36. The molecule has 0 saturated heterocycles. The Bertz CT molecular complexity index is 3300. The number of para-hydroxylation sites is 4. The fourth-order valence-electron chi connectivity index (χ4n) is 10.1. The molecule has 2 heterocycles. The van der Waals surface area contributed by atoms with E-state index in [-0.39, 0.29) is 5.41 Å². The first-order chi connectivity index (χ1) is 29.5. The fraction of sp³-hybridized carbons (Fsp3) is 0.0526. The second-order valence-corrected chi connectivity index (χ2v) is 16.6. The molecule has 10 aromatic rings. The van der Waals surface area contributed by atoms with Crippen LogP contribution < -0.4 is 9.80 Å². The highest BCUT2D eigenvalue weighted by Crippen LogP contribution is 2.54. The predicted molar refractivity (Wildman–Crippen MR) is 252 cm³/mol. The summed E-state index contributed by atoms with van der Waals surface area (Å²) in [5, 5.41) is 2.45. The van der Waals surface area contributed by atoms with Crippen molar-refractivity contribution in [3.63, 3.8) is 0 Å². The minimum absolute atomic E-state index is 0.144. The van der Waals surface area contributed by atoms with Gasteiger partial charge in [0.05, 0.1) is 22.4 Å². The van der Waals surface area contributed by atoms with E-state index in [0.717, 1.165) is 34.1 Å². The second kappa shape index (κ2) is 13.2. The van der Waals surface area contributed by atoms with Crippen LogP contribution in [0.25, 0.3) is 60.9 Å².